The Hall–Kier alpha value is -1.35. The van der Waals surface area contributed by atoms with Gasteiger partial charge in [0.15, 0.2) is 11.6 Å². The number of amides is 1. The van der Waals surface area contributed by atoms with Gasteiger partial charge >= 0.3 is 0 Å². The molecule has 0 radical (unpaired) electrons. The zero-order chi connectivity index (χ0) is 30.0. The van der Waals surface area contributed by atoms with Crippen molar-refractivity contribution in [3.8, 4) is 0 Å². The maximum absolute atomic E-state index is 13.6. The first-order valence-corrected chi connectivity index (χ1v) is 15.6. The molecule has 0 bridgehead atoms. The van der Waals surface area contributed by atoms with Crippen LogP contribution in [0.3, 0.4) is 0 Å². The summed E-state index contributed by atoms with van der Waals surface area (Å²) < 4.78 is 0. The van der Waals surface area contributed by atoms with Gasteiger partial charge in [-0.05, 0) is 58.2 Å². The molecule has 0 saturated carbocycles. The standard InChI is InChI=1S/C31H63N5O3/c1-21(2)30(38)28(16-13-19-34-24(7)8)36-31(39)26(14-11-17-32-22(3)4)20-29(37)27(35-25(9)10)15-12-18-33-23(5)6/h21-28,32-35H,11-20H2,1-10H3,(H,36,39). The van der Waals surface area contributed by atoms with Gasteiger partial charge in [-0.15, -0.1) is 0 Å². The number of hydrogen-bond donors (Lipinski definition) is 5. The monoisotopic (exact) mass is 553 g/mol. The van der Waals surface area contributed by atoms with Crippen LogP contribution in [-0.2, 0) is 14.4 Å². The summed E-state index contributed by atoms with van der Waals surface area (Å²) in [5, 5.41) is 16.7. The molecular weight excluding hydrogens is 490 g/mol. The van der Waals surface area contributed by atoms with Crippen molar-refractivity contribution in [2.24, 2.45) is 11.8 Å². The van der Waals surface area contributed by atoms with Crippen LogP contribution in [0.4, 0.5) is 0 Å². The van der Waals surface area contributed by atoms with Crippen molar-refractivity contribution in [3.63, 3.8) is 0 Å². The Morgan fingerprint density at radius 1 is 0.564 bits per heavy atom. The number of hydrogen-bond acceptors (Lipinski definition) is 7. The second-order valence-corrected chi connectivity index (χ2v) is 12.6. The maximum Gasteiger partial charge on any atom is 0.224 e. The predicted octanol–water partition coefficient (Wildman–Crippen LogP) is 3.97. The van der Waals surface area contributed by atoms with Crippen LogP contribution < -0.4 is 26.6 Å². The Morgan fingerprint density at radius 2 is 1.00 bits per heavy atom. The molecule has 0 aliphatic rings. The van der Waals surface area contributed by atoms with E-state index in [2.05, 4.69) is 68.1 Å². The molecule has 0 aromatic heterocycles. The van der Waals surface area contributed by atoms with Crippen molar-refractivity contribution in [1.82, 2.24) is 26.6 Å². The SMILES string of the molecule is CC(C)NCCCC(CC(=O)C(CCCNC(C)C)NC(C)C)C(=O)NC(CCCNC(C)C)C(=O)C(C)C. The van der Waals surface area contributed by atoms with Crippen molar-refractivity contribution in [3.05, 3.63) is 0 Å². The van der Waals surface area contributed by atoms with Gasteiger partial charge in [-0.3, -0.25) is 14.4 Å². The molecule has 0 aromatic rings. The lowest BCUT2D eigenvalue weighted by atomic mass is 9.90. The number of Topliss-reactive ketones (excluding diaryl/α,β-unsaturated/α-hetero) is 2. The molecule has 230 valence electrons. The van der Waals surface area contributed by atoms with Gasteiger partial charge in [0.25, 0.3) is 0 Å². The number of ketones is 2. The summed E-state index contributed by atoms with van der Waals surface area (Å²) in [6.07, 6.45) is 4.61. The summed E-state index contributed by atoms with van der Waals surface area (Å²) in [7, 11) is 0. The van der Waals surface area contributed by atoms with Crippen LogP contribution in [0.25, 0.3) is 0 Å². The summed E-state index contributed by atoms with van der Waals surface area (Å²) in [6, 6.07) is 0.523. The Balaban J connectivity index is 5.52. The van der Waals surface area contributed by atoms with Crippen LogP contribution in [0.1, 0.15) is 114 Å². The molecule has 0 aliphatic carbocycles. The van der Waals surface area contributed by atoms with E-state index in [-0.39, 0.29) is 41.9 Å². The van der Waals surface area contributed by atoms with E-state index < -0.39 is 12.0 Å². The highest BCUT2D eigenvalue weighted by Gasteiger charge is 2.30. The molecule has 0 saturated heterocycles. The van der Waals surface area contributed by atoms with Gasteiger partial charge in [-0.2, -0.15) is 0 Å². The van der Waals surface area contributed by atoms with Gasteiger partial charge < -0.3 is 26.6 Å². The van der Waals surface area contributed by atoms with Crippen LogP contribution >= 0.6 is 0 Å². The van der Waals surface area contributed by atoms with Crippen molar-refractivity contribution >= 4 is 17.5 Å². The van der Waals surface area contributed by atoms with E-state index in [0.717, 1.165) is 45.3 Å². The lowest BCUT2D eigenvalue weighted by Crippen LogP contribution is -2.47. The van der Waals surface area contributed by atoms with E-state index in [1.165, 1.54) is 0 Å². The molecule has 0 aromatic carbocycles. The average molecular weight is 554 g/mol. The van der Waals surface area contributed by atoms with Crippen molar-refractivity contribution in [2.45, 2.75) is 150 Å². The van der Waals surface area contributed by atoms with Crippen molar-refractivity contribution in [2.75, 3.05) is 19.6 Å². The first kappa shape index (κ1) is 37.6. The molecule has 0 rings (SSSR count). The van der Waals surface area contributed by atoms with Crippen molar-refractivity contribution < 1.29 is 14.4 Å². The molecule has 3 atom stereocenters. The van der Waals surface area contributed by atoms with Crippen molar-refractivity contribution in [1.29, 1.82) is 0 Å². The maximum atomic E-state index is 13.6. The summed E-state index contributed by atoms with van der Waals surface area (Å²) in [5.74, 6) is -0.654. The summed E-state index contributed by atoms with van der Waals surface area (Å²) in [4.78, 5) is 40.1. The van der Waals surface area contributed by atoms with Gasteiger partial charge in [-0.1, -0.05) is 69.2 Å². The second kappa shape index (κ2) is 21.4. The average Bonchev–Trinajstić information content (AvgIpc) is 2.83. The Kier molecular flexibility index (Phi) is 20.7. The minimum absolute atomic E-state index is 0.0523. The minimum Gasteiger partial charge on any atom is -0.346 e. The number of rotatable bonds is 24. The smallest absolute Gasteiger partial charge is 0.224 e. The summed E-state index contributed by atoms with van der Waals surface area (Å²) in [6.45, 7) is 22.9. The molecule has 3 unspecified atom stereocenters. The molecule has 5 N–H and O–H groups in total. The number of carbonyl (C=O) groups excluding carboxylic acids is 3. The molecule has 0 heterocycles. The van der Waals surface area contributed by atoms with Crippen LogP contribution in [0.15, 0.2) is 0 Å². The van der Waals surface area contributed by atoms with Crippen LogP contribution in [0, 0.1) is 11.8 Å². The summed E-state index contributed by atoms with van der Waals surface area (Å²) in [5.41, 5.74) is 0. The summed E-state index contributed by atoms with van der Waals surface area (Å²) >= 11 is 0. The fraction of sp³-hybridized carbons (Fsp3) is 0.903. The molecule has 0 aliphatic heterocycles. The Bertz CT molecular complexity index is 679. The molecular formula is C31H63N5O3. The van der Waals surface area contributed by atoms with E-state index >= 15 is 0 Å². The van der Waals surface area contributed by atoms with Gasteiger partial charge in [0.05, 0.1) is 12.1 Å². The van der Waals surface area contributed by atoms with Gasteiger partial charge in [0.1, 0.15) is 0 Å². The second-order valence-electron chi connectivity index (χ2n) is 12.6. The third-order valence-corrected chi connectivity index (χ3v) is 6.70. The first-order chi connectivity index (χ1) is 18.2. The molecule has 1 amide bonds. The molecule has 0 fully saturated rings. The lowest BCUT2D eigenvalue weighted by molar-refractivity contribution is -0.134. The van der Waals surface area contributed by atoms with E-state index in [9.17, 15) is 14.4 Å². The van der Waals surface area contributed by atoms with Crippen LogP contribution in [0.5, 0.6) is 0 Å². The minimum atomic E-state index is -0.524. The molecule has 0 spiro atoms. The largest absolute Gasteiger partial charge is 0.346 e. The highest BCUT2D eigenvalue weighted by molar-refractivity contribution is 5.93. The fourth-order valence-electron chi connectivity index (χ4n) is 4.56. The highest BCUT2D eigenvalue weighted by atomic mass is 16.2. The zero-order valence-corrected chi connectivity index (χ0v) is 26.9. The molecule has 39 heavy (non-hydrogen) atoms. The lowest BCUT2D eigenvalue weighted by Gasteiger charge is -2.26. The van der Waals surface area contributed by atoms with Gasteiger partial charge in [0.2, 0.25) is 5.91 Å². The van der Waals surface area contributed by atoms with E-state index in [1.807, 2.05) is 27.7 Å². The topological polar surface area (TPSA) is 111 Å². The third-order valence-electron chi connectivity index (χ3n) is 6.70. The first-order valence-electron chi connectivity index (χ1n) is 15.6. The Morgan fingerprint density at radius 3 is 1.41 bits per heavy atom. The van der Waals surface area contributed by atoms with E-state index in [0.29, 0.717) is 31.0 Å². The fourth-order valence-corrected chi connectivity index (χ4v) is 4.56. The molecule has 8 nitrogen and oxygen atoms in total. The van der Waals surface area contributed by atoms with Crippen LogP contribution in [0.2, 0.25) is 0 Å². The third kappa shape index (κ3) is 19.4. The van der Waals surface area contributed by atoms with E-state index in [4.69, 9.17) is 0 Å². The zero-order valence-electron chi connectivity index (χ0n) is 26.9. The number of carbonyl (C=O) groups is 3. The van der Waals surface area contributed by atoms with Gasteiger partial charge in [0, 0.05) is 42.4 Å². The van der Waals surface area contributed by atoms with Gasteiger partial charge in [-0.25, -0.2) is 0 Å². The molecule has 8 heteroatoms. The normalized spacial score (nSPS) is 14.4. The number of nitrogens with one attached hydrogen (secondary N) is 5. The van der Waals surface area contributed by atoms with Crippen LogP contribution in [-0.4, -0.2) is 73.4 Å². The highest BCUT2D eigenvalue weighted by Crippen LogP contribution is 2.17. The predicted molar refractivity (Wildman–Crippen MR) is 164 cm³/mol. The quantitative estimate of drug-likeness (QED) is 0.115. The van der Waals surface area contributed by atoms with E-state index in [1.54, 1.807) is 0 Å². The Labute approximate surface area is 240 Å².